The molecule has 0 saturated heterocycles. The zero-order valence-corrected chi connectivity index (χ0v) is 18.7. The predicted octanol–water partition coefficient (Wildman–Crippen LogP) is 4.18. The van der Waals surface area contributed by atoms with Gasteiger partial charge in [0, 0.05) is 17.9 Å². The molecule has 0 bridgehead atoms. The Kier molecular flexibility index (Phi) is 6.58. The number of hydrogen-bond donors (Lipinski definition) is 1. The van der Waals surface area contributed by atoms with Crippen molar-refractivity contribution >= 4 is 29.2 Å². The molecule has 4 rings (SSSR count). The molecule has 2 amide bonds. The first kappa shape index (κ1) is 22.1. The molecule has 2 aromatic rings. The molecule has 6 heteroatoms. The first-order valence-electron chi connectivity index (χ1n) is 11.4. The number of nitrogens with zero attached hydrogens (tertiary/aromatic N) is 1. The minimum atomic E-state index is -0.502. The maximum atomic E-state index is 13.4. The minimum Gasteiger partial charge on any atom is -0.455 e. The van der Waals surface area contributed by atoms with E-state index in [1.165, 1.54) is 5.56 Å². The number of esters is 1. The zero-order chi connectivity index (χ0) is 22.7. The van der Waals surface area contributed by atoms with Crippen molar-refractivity contribution in [2.24, 2.45) is 11.8 Å². The highest BCUT2D eigenvalue weighted by molar-refractivity contribution is 5.99. The highest BCUT2D eigenvalue weighted by Crippen LogP contribution is 2.36. The molecule has 2 aliphatic rings. The van der Waals surface area contributed by atoms with E-state index in [2.05, 4.69) is 5.32 Å². The van der Waals surface area contributed by atoms with E-state index >= 15 is 0 Å². The molecule has 2 unspecified atom stereocenters. The van der Waals surface area contributed by atoms with Crippen LogP contribution in [0.25, 0.3) is 0 Å². The van der Waals surface area contributed by atoms with Crippen molar-refractivity contribution in [2.45, 2.75) is 46.0 Å². The third-order valence-electron chi connectivity index (χ3n) is 6.54. The van der Waals surface area contributed by atoms with E-state index in [4.69, 9.17) is 4.74 Å². The lowest BCUT2D eigenvalue weighted by Gasteiger charge is -2.32. The molecular formula is C26H30N2O4. The van der Waals surface area contributed by atoms with Crippen LogP contribution in [0.3, 0.4) is 0 Å². The van der Waals surface area contributed by atoms with E-state index in [9.17, 15) is 14.4 Å². The smallest absolute Gasteiger partial charge is 0.310 e. The molecule has 1 aliphatic heterocycles. The third-order valence-corrected chi connectivity index (χ3v) is 6.54. The van der Waals surface area contributed by atoms with Crippen molar-refractivity contribution in [3.8, 4) is 0 Å². The Labute approximate surface area is 188 Å². The van der Waals surface area contributed by atoms with Gasteiger partial charge < -0.3 is 15.0 Å². The van der Waals surface area contributed by atoms with Crippen molar-refractivity contribution in [1.29, 1.82) is 0 Å². The average molecular weight is 435 g/mol. The van der Waals surface area contributed by atoms with Crippen molar-refractivity contribution < 1.29 is 19.1 Å². The van der Waals surface area contributed by atoms with Crippen LogP contribution in [0.4, 0.5) is 11.4 Å². The van der Waals surface area contributed by atoms with Crippen LogP contribution in [0.1, 0.15) is 42.4 Å². The summed E-state index contributed by atoms with van der Waals surface area (Å²) >= 11 is 0. The Balaban J connectivity index is 1.37. The summed E-state index contributed by atoms with van der Waals surface area (Å²) < 4.78 is 5.37. The first-order chi connectivity index (χ1) is 15.4. The Hall–Kier alpha value is -3.15. The van der Waals surface area contributed by atoms with Gasteiger partial charge >= 0.3 is 5.97 Å². The average Bonchev–Trinajstić information content (AvgIpc) is 3.23. The van der Waals surface area contributed by atoms with E-state index in [0.717, 1.165) is 36.1 Å². The molecule has 0 spiro atoms. The number of hydrogen-bond acceptors (Lipinski definition) is 4. The van der Waals surface area contributed by atoms with Crippen LogP contribution in [0.2, 0.25) is 0 Å². The van der Waals surface area contributed by atoms with Gasteiger partial charge in [0.05, 0.1) is 11.8 Å². The third kappa shape index (κ3) is 4.69. The van der Waals surface area contributed by atoms with Gasteiger partial charge in [0.25, 0.3) is 5.91 Å². The molecule has 1 heterocycles. The van der Waals surface area contributed by atoms with E-state index in [-0.39, 0.29) is 18.4 Å². The molecule has 0 aromatic heterocycles. The second kappa shape index (κ2) is 9.55. The summed E-state index contributed by atoms with van der Waals surface area (Å²) in [6, 6.07) is 13.7. The largest absolute Gasteiger partial charge is 0.455 e. The van der Waals surface area contributed by atoms with E-state index < -0.39 is 17.8 Å². The first-order valence-corrected chi connectivity index (χ1v) is 11.4. The van der Waals surface area contributed by atoms with Gasteiger partial charge in [-0.1, -0.05) is 48.7 Å². The van der Waals surface area contributed by atoms with Crippen molar-refractivity contribution in [3.63, 3.8) is 0 Å². The lowest BCUT2D eigenvalue weighted by Crippen LogP contribution is -2.42. The van der Waals surface area contributed by atoms with Gasteiger partial charge in [0.1, 0.15) is 0 Å². The Morgan fingerprint density at radius 2 is 1.78 bits per heavy atom. The fraction of sp³-hybridized carbons (Fsp3) is 0.423. The number of anilines is 2. The molecule has 2 atom stereocenters. The SMILES string of the molecule is Cc1ccc(NC(=O)COC(=O)C2CCCCC2C(=O)N2CCc3ccccc32)c(C)c1. The summed E-state index contributed by atoms with van der Waals surface area (Å²) in [5.74, 6) is -1.73. The Bertz CT molecular complexity index is 1030. The molecule has 1 saturated carbocycles. The van der Waals surface area contributed by atoms with Gasteiger partial charge in [-0.05, 0) is 56.4 Å². The fourth-order valence-corrected chi connectivity index (χ4v) is 4.86. The molecule has 32 heavy (non-hydrogen) atoms. The lowest BCUT2D eigenvalue weighted by molar-refractivity contribution is -0.156. The second-order valence-corrected chi connectivity index (χ2v) is 8.84. The summed E-state index contributed by atoms with van der Waals surface area (Å²) in [5, 5.41) is 2.79. The minimum absolute atomic E-state index is 0.00340. The fourth-order valence-electron chi connectivity index (χ4n) is 4.86. The zero-order valence-electron chi connectivity index (χ0n) is 18.7. The molecule has 6 nitrogen and oxygen atoms in total. The van der Waals surface area contributed by atoms with E-state index in [0.29, 0.717) is 25.1 Å². The number of carbonyl (C=O) groups excluding carboxylic acids is 3. The molecule has 168 valence electrons. The summed E-state index contributed by atoms with van der Waals surface area (Å²) in [5.41, 5.74) is 4.88. The van der Waals surface area contributed by atoms with Gasteiger partial charge in [-0.15, -0.1) is 0 Å². The summed E-state index contributed by atoms with van der Waals surface area (Å²) in [6.07, 6.45) is 3.93. The molecular weight excluding hydrogens is 404 g/mol. The second-order valence-electron chi connectivity index (χ2n) is 8.84. The van der Waals surface area contributed by atoms with E-state index in [1.807, 2.05) is 61.2 Å². The van der Waals surface area contributed by atoms with Crippen LogP contribution in [-0.2, 0) is 25.5 Å². The van der Waals surface area contributed by atoms with Gasteiger partial charge in [-0.25, -0.2) is 0 Å². The van der Waals surface area contributed by atoms with Gasteiger partial charge in [-0.3, -0.25) is 14.4 Å². The number of benzene rings is 2. The molecule has 0 radical (unpaired) electrons. The Morgan fingerprint density at radius 3 is 2.56 bits per heavy atom. The maximum absolute atomic E-state index is 13.4. The van der Waals surface area contributed by atoms with Crippen molar-refractivity contribution in [1.82, 2.24) is 0 Å². The molecule has 1 fully saturated rings. The predicted molar refractivity (Wildman–Crippen MR) is 123 cm³/mol. The number of nitrogens with one attached hydrogen (secondary N) is 1. The Morgan fingerprint density at radius 1 is 1.03 bits per heavy atom. The highest BCUT2D eigenvalue weighted by Gasteiger charge is 2.40. The van der Waals surface area contributed by atoms with E-state index in [1.54, 1.807) is 0 Å². The van der Waals surface area contributed by atoms with Crippen LogP contribution in [-0.4, -0.2) is 30.9 Å². The van der Waals surface area contributed by atoms with Crippen molar-refractivity contribution in [3.05, 3.63) is 59.2 Å². The van der Waals surface area contributed by atoms with Gasteiger partial charge in [-0.2, -0.15) is 0 Å². The normalized spacial score (nSPS) is 19.9. The topological polar surface area (TPSA) is 75.7 Å². The maximum Gasteiger partial charge on any atom is 0.310 e. The van der Waals surface area contributed by atoms with Crippen LogP contribution in [0.15, 0.2) is 42.5 Å². The quantitative estimate of drug-likeness (QED) is 0.717. The van der Waals surface area contributed by atoms with Crippen LogP contribution < -0.4 is 10.2 Å². The number of para-hydroxylation sites is 1. The summed E-state index contributed by atoms with van der Waals surface area (Å²) in [7, 11) is 0. The standard InChI is InChI=1S/C26H30N2O4/c1-17-11-12-22(18(2)15-17)27-24(29)16-32-26(31)21-9-5-4-8-20(21)25(30)28-14-13-19-7-3-6-10-23(19)28/h3,6-7,10-12,15,20-21H,4-5,8-9,13-14,16H2,1-2H3,(H,27,29). The number of rotatable bonds is 5. The van der Waals surface area contributed by atoms with Crippen LogP contribution in [0.5, 0.6) is 0 Å². The van der Waals surface area contributed by atoms with Crippen molar-refractivity contribution in [2.75, 3.05) is 23.4 Å². The molecule has 2 aromatic carbocycles. The number of aryl methyl sites for hydroxylation is 2. The monoisotopic (exact) mass is 434 g/mol. The van der Waals surface area contributed by atoms with Gasteiger partial charge in [0.2, 0.25) is 5.91 Å². The van der Waals surface area contributed by atoms with Gasteiger partial charge in [0.15, 0.2) is 6.61 Å². The van der Waals surface area contributed by atoms with Crippen LogP contribution in [0, 0.1) is 25.7 Å². The summed E-state index contributed by atoms with van der Waals surface area (Å²) in [4.78, 5) is 40.4. The highest BCUT2D eigenvalue weighted by atomic mass is 16.5. The molecule has 1 aliphatic carbocycles. The van der Waals surface area contributed by atoms with Crippen LogP contribution >= 0.6 is 0 Å². The number of carbonyl (C=O) groups is 3. The number of amides is 2. The number of ether oxygens (including phenoxy) is 1. The summed E-state index contributed by atoms with van der Waals surface area (Å²) in [6.45, 7) is 4.21. The molecule has 1 N–H and O–H groups in total. The lowest BCUT2D eigenvalue weighted by atomic mass is 9.78. The number of fused-ring (bicyclic) bond motifs is 1.